The molecule has 3 atom stereocenters. The Labute approximate surface area is 139 Å². The molecule has 0 aliphatic heterocycles. The van der Waals surface area contributed by atoms with Gasteiger partial charge in [0, 0.05) is 43.3 Å². The number of carbonyl (C=O) groups excluding carboxylic acids is 1. The maximum absolute atomic E-state index is 12.3. The van der Waals surface area contributed by atoms with Crippen molar-refractivity contribution >= 4 is 11.5 Å². The molecule has 1 aliphatic carbocycles. The van der Waals surface area contributed by atoms with E-state index >= 15 is 0 Å². The number of nitro benzene ring substituents is 1. The van der Waals surface area contributed by atoms with E-state index in [2.05, 4.69) is 5.10 Å². The fourth-order valence-electron chi connectivity index (χ4n) is 3.81. The highest BCUT2D eigenvalue weighted by Crippen LogP contribution is 2.46. The summed E-state index contributed by atoms with van der Waals surface area (Å²) in [4.78, 5) is 23.0. The van der Waals surface area contributed by atoms with E-state index in [1.165, 1.54) is 19.1 Å². The normalized spacial score (nSPS) is 26.0. The second-order valence-electron chi connectivity index (χ2n) is 6.66. The quantitative estimate of drug-likeness (QED) is 0.686. The van der Waals surface area contributed by atoms with Crippen molar-refractivity contribution in [3.05, 3.63) is 57.4 Å². The zero-order valence-corrected chi connectivity index (χ0v) is 13.8. The third kappa shape index (κ3) is 2.60. The predicted molar refractivity (Wildman–Crippen MR) is 86.6 cm³/mol. The molecule has 0 saturated heterocycles. The average Bonchev–Trinajstić information content (AvgIpc) is 2.83. The Morgan fingerprint density at radius 3 is 2.83 bits per heavy atom. The number of ketones is 1. The lowest BCUT2D eigenvalue weighted by Crippen LogP contribution is -2.47. The number of nitro groups is 1. The van der Waals surface area contributed by atoms with Gasteiger partial charge < -0.3 is 5.11 Å². The van der Waals surface area contributed by atoms with Crippen molar-refractivity contribution < 1.29 is 14.8 Å². The van der Waals surface area contributed by atoms with E-state index in [-0.39, 0.29) is 17.9 Å². The van der Waals surface area contributed by atoms with Gasteiger partial charge >= 0.3 is 0 Å². The standard InChI is InChI=1S/C17H19N3O4/c1-10(21)16-15(11-5-4-6-12(7-11)20(23)24)13-9-19(3)18-14(13)8-17(16,2)22/h4-7,9,15-16,22H,8H2,1-3H3. The topological polar surface area (TPSA) is 98.3 Å². The summed E-state index contributed by atoms with van der Waals surface area (Å²) >= 11 is 0. The molecule has 7 heteroatoms. The summed E-state index contributed by atoms with van der Waals surface area (Å²) < 4.78 is 1.65. The molecule has 1 aromatic carbocycles. The first-order chi connectivity index (χ1) is 11.2. The summed E-state index contributed by atoms with van der Waals surface area (Å²) in [7, 11) is 1.78. The van der Waals surface area contributed by atoms with Crippen LogP contribution in [-0.2, 0) is 18.3 Å². The van der Waals surface area contributed by atoms with Crippen molar-refractivity contribution in [2.24, 2.45) is 13.0 Å². The summed E-state index contributed by atoms with van der Waals surface area (Å²) in [5.41, 5.74) is 0.896. The van der Waals surface area contributed by atoms with Gasteiger partial charge in [0.25, 0.3) is 5.69 Å². The Balaban J connectivity index is 2.22. The number of nitrogens with zero attached hydrogens (tertiary/aromatic N) is 3. The molecule has 3 rings (SSSR count). The Kier molecular flexibility index (Phi) is 3.76. The highest BCUT2D eigenvalue weighted by Gasteiger charge is 2.48. The highest BCUT2D eigenvalue weighted by atomic mass is 16.6. The van der Waals surface area contributed by atoms with Gasteiger partial charge in [-0.2, -0.15) is 5.10 Å². The fourth-order valence-corrected chi connectivity index (χ4v) is 3.81. The molecule has 0 radical (unpaired) electrons. The van der Waals surface area contributed by atoms with Crippen LogP contribution in [0, 0.1) is 16.0 Å². The summed E-state index contributed by atoms with van der Waals surface area (Å²) in [6.07, 6.45) is 2.10. The molecule has 126 valence electrons. The van der Waals surface area contributed by atoms with Crippen molar-refractivity contribution in [3.8, 4) is 0 Å². The van der Waals surface area contributed by atoms with Gasteiger partial charge in [0.2, 0.25) is 0 Å². The molecule has 7 nitrogen and oxygen atoms in total. The van der Waals surface area contributed by atoms with Crippen LogP contribution in [0.3, 0.4) is 0 Å². The number of non-ortho nitro benzene ring substituents is 1. The second-order valence-corrected chi connectivity index (χ2v) is 6.66. The smallest absolute Gasteiger partial charge is 0.269 e. The lowest BCUT2D eigenvalue weighted by Gasteiger charge is -2.40. The minimum atomic E-state index is -1.26. The lowest BCUT2D eigenvalue weighted by molar-refractivity contribution is -0.384. The number of aryl methyl sites for hydroxylation is 1. The molecular weight excluding hydrogens is 310 g/mol. The van der Waals surface area contributed by atoms with Crippen molar-refractivity contribution in [2.75, 3.05) is 0 Å². The molecule has 0 spiro atoms. The van der Waals surface area contributed by atoms with Crippen LogP contribution in [0.4, 0.5) is 5.69 Å². The second kappa shape index (κ2) is 5.52. The van der Waals surface area contributed by atoms with Crippen molar-refractivity contribution in [1.82, 2.24) is 9.78 Å². The molecule has 1 aliphatic rings. The Hall–Kier alpha value is -2.54. The van der Waals surface area contributed by atoms with Crippen LogP contribution in [0.2, 0.25) is 0 Å². The van der Waals surface area contributed by atoms with Gasteiger partial charge in [-0.1, -0.05) is 12.1 Å². The van der Waals surface area contributed by atoms with Crippen LogP contribution in [0.25, 0.3) is 0 Å². The maximum atomic E-state index is 12.3. The number of carbonyl (C=O) groups is 1. The monoisotopic (exact) mass is 329 g/mol. The number of aliphatic hydroxyl groups is 1. The molecule has 0 amide bonds. The Morgan fingerprint density at radius 1 is 1.50 bits per heavy atom. The summed E-state index contributed by atoms with van der Waals surface area (Å²) in [5.74, 6) is -1.29. The van der Waals surface area contributed by atoms with Gasteiger partial charge in [0.15, 0.2) is 0 Å². The van der Waals surface area contributed by atoms with Crippen molar-refractivity contribution in [3.63, 3.8) is 0 Å². The lowest BCUT2D eigenvalue weighted by atomic mass is 9.65. The van der Waals surface area contributed by atoms with Crippen LogP contribution in [0.1, 0.15) is 36.6 Å². The van der Waals surface area contributed by atoms with E-state index in [9.17, 15) is 20.0 Å². The summed E-state index contributed by atoms with van der Waals surface area (Å²) in [6, 6.07) is 6.24. The number of fused-ring (bicyclic) bond motifs is 1. The molecule has 0 saturated carbocycles. The van der Waals surface area contributed by atoms with E-state index < -0.39 is 22.4 Å². The molecule has 1 aromatic heterocycles. The van der Waals surface area contributed by atoms with Crippen molar-refractivity contribution in [1.29, 1.82) is 0 Å². The molecule has 2 aromatic rings. The van der Waals surface area contributed by atoms with Crippen molar-refractivity contribution in [2.45, 2.75) is 31.8 Å². The largest absolute Gasteiger partial charge is 0.389 e. The molecule has 24 heavy (non-hydrogen) atoms. The van der Waals surface area contributed by atoms with Crippen LogP contribution >= 0.6 is 0 Å². The molecule has 0 bridgehead atoms. The van der Waals surface area contributed by atoms with Gasteiger partial charge in [-0.15, -0.1) is 0 Å². The van der Waals surface area contributed by atoms with Gasteiger partial charge in [-0.3, -0.25) is 19.6 Å². The van der Waals surface area contributed by atoms with Crippen LogP contribution in [0.15, 0.2) is 30.5 Å². The number of aromatic nitrogens is 2. The van der Waals surface area contributed by atoms with Crippen LogP contribution in [-0.4, -0.2) is 31.2 Å². The molecule has 1 N–H and O–H groups in total. The predicted octanol–water partition coefficient (Wildman–Crippen LogP) is 1.97. The minimum Gasteiger partial charge on any atom is -0.389 e. The maximum Gasteiger partial charge on any atom is 0.269 e. The molecule has 0 fully saturated rings. The number of Topliss-reactive ketones (excluding diaryl/α,β-unsaturated/α-hetero) is 1. The SMILES string of the molecule is CC(=O)C1C(c2cccc([N+](=O)[O-])c2)c2cn(C)nc2CC1(C)O. The number of hydrogen-bond donors (Lipinski definition) is 1. The van der Waals surface area contributed by atoms with E-state index in [1.807, 2.05) is 6.20 Å². The number of rotatable bonds is 3. The van der Waals surface area contributed by atoms with Crippen LogP contribution < -0.4 is 0 Å². The Bertz CT molecular complexity index is 825. The first-order valence-electron chi connectivity index (χ1n) is 7.70. The third-order valence-corrected chi connectivity index (χ3v) is 4.68. The van der Waals surface area contributed by atoms with Gasteiger partial charge in [-0.25, -0.2) is 0 Å². The summed E-state index contributed by atoms with van der Waals surface area (Å²) in [6.45, 7) is 3.08. The third-order valence-electron chi connectivity index (χ3n) is 4.68. The number of benzene rings is 1. The average molecular weight is 329 g/mol. The Morgan fingerprint density at radius 2 is 2.21 bits per heavy atom. The number of hydrogen-bond acceptors (Lipinski definition) is 5. The van der Waals surface area contributed by atoms with Crippen LogP contribution in [0.5, 0.6) is 0 Å². The van der Waals surface area contributed by atoms with Gasteiger partial charge in [-0.05, 0) is 19.4 Å². The first-order valence-corrected chi connectivity index (χ1v) is 7.70. The zero-order chi connectivity index (χ0) is 17.6. The summed E-state index contributed by atoms with van der Waals surface area (Å²) in [5, 5.41) is 26.4. The molecule has 1 heterocycles. The molecule has 3 unspecified atom stereocenters. The van der Waals surface area contributed by atoms with E-state index in [0.717, 1.165) is 11.3 Å². The van der Waals surface area contributed by atoms with E-state index in [0.29, 0.717) is 5.56 Å². The highest BCUT2D eigenvalue weighted by molar-refractivity contribution is 5.82. The van der Waals surface area contributed by atoms with E-state index in [4.69, 9.17) is 0 Å². The van der Waals surface area contributed by atoms with E-state index in [1.54, 1.807) is 30.8 Å². The minimum absolute atomic E-state index is 0.0366. The van der Waals surface area contributed by atoms with Gasteiger partial charge in [0.05, 0.1) is 22.1 Å². The zero-order valence-electron chi connectivity index (χ0n) is 13.8. The first kappa shape index (κ1) is 16.3. The molecular formula is C17H19N3O4. The van der Waals surface area contributed by atoms with Gasteiger partial charge in [0.1, 0.15) is 5.78 Å². The fraction of sp³-hybridized carbons (Fsp3) is 0.412.